The van der Waals surface area contributed by atoms with Crippen molar-refractivity contribution in [3.05, 3.63) is 238 Å². The Morgan fingerprint density at radius 1 is 0.742 bits per heavy atom. The lowest BCUT2D eigenvalue weighted by Gasteiger charge is -2.49. The number of carbonyl (C=O) groups excluding carboxylic acids is 4. The van der Waals surface area contributed by atoms with Gasteiger partial charge < -0.3 is 20.2 Å². The third kappa shape index (κ3) is 8.78. The van der Waals surface area contributed by atoms with Gasteiger partial charge in [0.05, 0.1) is 0 Å². The summed E-state index contributed by atoms with van der Waals surface area (Å²) >= 11 is 2.64. The molecule has 2 atom stereocenters. The zero-order chi connectivity index (χ0) is 45.5. The second-order valence-electron chi connectivity index (χ2n) is 15.5. The van der Waals surface area contributed by atoms with Gasteiger partial charge >= 0.3 is 5.97 Å². The summed E-state index contributed by atoms with van der Waals surface area (Å²) in [7, 11) is 1.33. The summed E-state index contributed by atoms with van der Waals surface area (Å²) in [4.78, 5) is 68.2. The molecule has 3 heterocycles. The van der Waals surface area contributed by atoms with E-state index in [0.29, 0.717) is 16.3 Å². The number of ether oxygens (including phenoxy) is 1. The quantitative estimate of drug-likeness (QED) is 0.0243. The Balaban J connectivity index is 0.992. The highest BCUT2D eigenvalue weighted by molar-refractivity contribution is 8.00. The van der Waals surface area contributed by atoms with Crippen LogP contribution in [0.3, 0.4) is 0 Å². The van der Waals surface area contributed by atoms with Crippen molar-refractivity contribution in [3.63, 3.8) is 0 Å². The number of thiazole rings is 1. The maximum atomic E-state index is 14.6. The van der Waals surface area contributed by atoms with E-state index in [1.54, 1.807) is 29.6 Å². The Labute approximate surface area is 390 Å². The Morgan fingerprint density at radius 2 is 1.24 bits per heavy atom. The van der Waals surface area contributed by atoms with E-state index in [1.807, 2.05) is 121 Å². The highest BCUT2D eigenvalue weighted by Crippen LogP contribution is 2.44. The summed E-state index contributed by atoms with van der Waals surface area (Å²) in [6.07, 6.45) is -0.914. The van der Waals surface area contributed by atoms with E-state index in [0.717, 1.165) is 27.8 Å². The average Bonchev–Trinajstić information content (AvgIpc) is 3.84. The predicted molar refractivity (Wildman–Crippen MR) is 257 cm³/mol. The van der Waals surface area contributed by atoms with E-state index in [1.165, 1.54) is 35.1 Å². The monoisotopic (exact) mass is 909 g/mol. The lowest BCUT2D eigenvalue weighted by atomic mass is 9.77. The molecular weight excluding hydrogens is 867 g/mol. The molecule has 0 radical (unpaired) electrons. The Kier molecular flexibility index (Phi) is 13.0. The first-order chi connectivity index (χ1) is 32.4. The molecule has 9 rings (SSSR count). The second-order valence-corrected chi connectivity index (χ2v) is 17.5. The zero-order valence-electron chi connectivity index (χ0n) is 35.7. The number of amides is 2. The Morgan fingerprint density at radius 3 is 1.76 bits per heavy atom. The summed E-state index contributed by atoms with van der Waals surface area (Å²) in [5, 5.41) is 12.2. The van der Waals surface area contributed by atoms with E-state index in [9.17, 15) is 19.2 Å². The number of carbonyl (C=O) groups is 4. The standard InChI is InChI=1S/C53H43N5O6S2/c1-63-57-44(42-34-66-52(54-42)56-53(39-26-14-5-15-27-39,40-28-16-6-17-29-40)41-30-18-7-19-31-41)48(60)55-45-49(61)58-46(38(33-65-50(45)58)32-43(59)35-20-8-2-9-21-35)51(62)64-47(36-22-10-3-11-23-36)37-24-12-4-13-25-37/h2-31,34,45,47,50H,32-33H2,1H3,(H,54,56)(H,55,60)/b57-44+. The van der Waals surface area contributed by atoms with Gasteiger partial charge in [-0.15, -0.1) is 23.1 Å². The fourth-order valence-corrected chi connectivity index (χ4v) is 10.5. The average molecular weight is 910 g/mol. The van der Waals surface area contributed by atoms with Gasteiger partial charge in [-0.3, -0.25) is 19.3 Å². The van der Waals surface area contributed by atoms with Crippen LogP contribution in [0.4, 0.5) is 5.13 Å². The van der Waals surface area contributed by atoms with Crippen molar-refractivity contribution in [1.29, 1.82) is 0 Å². The molecule has 1 aromatic heterocycles. The SMILES string of the molecule is CO/N=C(/C(=O)NC1C(=O)N2C(C(=O)OC(c3ccccc3)c3ccccc3)=C(CC(=O)c3ccccc3)CSC12)c1csc(NC(c2ccccc2)(c2ccccc2)c2ccccc2)n1. The smallest absolute Gasteiger partial charge is 0.356 e. The molecule has 7 aromatic rings. The number of hydrogen-bond acceptors (Lipinski definition) is 11. The molecule has 2 unspecified atom stereocenters. The number of anilines is 1. The van der Waals surface area contributed by atoms with Crippen LogP contribution in [0.15, 0.2) is 204 Å². The fourth-order valence-electron chi connectivity index (χ4n) is 8.36. The normalized spacial score (nSPS) is 15.9. The van der Waals surface area contributed by atoms with E-state index in [2.05, 4.69) is 52.2 Å². The summed E-state index contributed by atoms with van der Waals surface area (Å²) in [6.45, 7) is 0. The first-order valence-corrected chi connectivity index (χ1v) is 23.2. The number of aromatic nitrogens is 1. The molecule has 11 nitrogen and oxygen atoms in total. The molecule has 0 spiro atoms. The first kappa shape index (κ1) is 43.6. The Bertz CT molecular complexity index is 2760. The minimum atomic E-state index is -1.05. The lowest BCUT2D eigenvalue weighted by molar-refractivity contribution is -0.154. The predicted octanol–water partition coefficient (Wildman–Crippen LogP) is 9.16. The van der Waals surface area contributed by atoms with Crippen molar-refractivity contribution >= 4 is 57.5 Å². The molecule has 66 heavy (non-hydrogen) atoms. The largest absolute Gasteiger partial charge is 0.448 e. The molecule has 13 heteroatoms. The van der Waals surface area contributed by atoms with Crippen LogP contribution in [0.2, 0.25) is 0 Å². The molecule has 1 saturated heterocycles. The maximum absolute atomic E-state index is 14.6. The molecule has 328 valence electrons. The van der Waals surface area contributed by atoms with Crippen molar-refractivity contribution < 1.29 is 28.8 Å². The van der Waals surface area contributed by atoms with Crippen molar-refractivity contribution in [2.75, 3.05) is 18.2 Å². The molecule has 0 saturated carbocycles. The van der Waals surface area contributed by atoms with Gasteiger partial charge in [0, 0.05) is 23.1 Å². The van der Waals surface area contributed by atoms with Gasteiger partial charge in [0.2, 0.25) is 0 Å². The van der Waals surface area contributed by atoms with Crippen molar-refractivity contribution in [2.45, 2.75) is 29.5 Å². The zero-order valence-corrected chi connectivity index (χ0v) is 37.3. The molecule has 2 N–H and O–H groups in total. The summed E-state index contributed by atoms with van der Waals surface area (Å²) in [6, 6.07) is 56.6. The summed E-state index contributed by atoms with van der Waals surface area (Å²) in [5.74, 6) is -1.96. The van der Waals surface area contributed by atoms with Crippen LogP contribution in [0.5, 0.6) is 0 Å². The number of fused-ring (bicyclic) bond motifs is 1. The molecular formula is C53H43N5O6S2. The number of nitrogens with zero attached hydrogens (tertiary/aromatic N) is 3. The number of benzene rings is 6. The Hall–Kier alpha value is -7.61. The molecule has 2 aliphatic rings. The van der Waals surface area contributed by atoms with Crippen molar-refractivity contribution in [3.8, 4) is 0 Å². The number of Topliss-reactive ketones (excluding diaryl/α,β-unsaturated/α-hetero) is 1. The molecule has 2 amide bonds. The lowest BCUT2D eigenvalue weighted by Crippen LogP contribution is -2.71. The summed E-state index contributed by atoms with van der Waals surface area (Å²) < 4.78 is 6.30. The van der Waals surface area contributed by atoms with Crippen molar-refractivity contribution in [2.24, 2.45) is 5.16 Å². The second kappa shape index (κ2) is 19.6. The van der Waals surface area contributed by atoms with Crippen LogP contribution in [-0.4, -0.2) is 63.4 Å². The van der Waals surface area contributed by atoms with Gasteiger partial charge in [0.15, 0.2) is 22.7 Å². The molecule has 0 bridgehead atoms. The fraction of sp³-hybridized carbons (Fsp3) is 0.132. The minimum absolute atomic E-state index is 0.00452. The van der Waals surface area contributed by atoms with Crippen LogP contribution in [-0.2, 0) is 29.5 Å². The van der Waals surface area contributed by atoms with Crippen LogP contribution in [0.1, 0.15) is 56.4 Å². The number of thioether (sulfide) groups is 1. The van der Waals surface area contributed by atoms with E-state index >= 15 is 0 Å². The van der Waals surface area contributed by atoms with Gasteiger partial charge in [-0.25, -0.2) is 9.78 Å². The van der Waals surface area contributed by atoms with Gasteiger partial charge in [-0.05, 0) is 33.4 Å². The van der Waals surface area contributed by atoms with E-state index in [-0.39, 0.29) is 35.1 Å². The topological polar surface area (TPSA) is 139 Å². The molecule has 2 aliphatic heterocycles. The first-order valence-electron chi connectivity index (χ1n) is 21.2. The number of nitrogens with one attached hydrogen (secondary N) is 2. The number of esters is 1. The number of oxime groups is 1. The van der Waals surface area contributed by atoms with Gasteiger partial charge in [-0.2, -0.15) is 0 Å². The number of hydrogen-bond donors (Lipinski definition) is 2. The minimum Gasteiger partial charge on any atom is -0.448 e. The number of rotatable bonds is 16. The molecule has 0 aliphatic carbocycles. The highest BCUT2D eigenvalue weighted by atomic mass is 32.2. The third-order valence-electron chi connectivity index (χ3n) is 11.5. The maximum Gasteiger partial charge on any atom is 0.356 e. The van der Waals surface area contributed by atoms with Crippen molar-refractivity contribution in [1.82, 2.24) is 15.2 Å². The third-order valence-corrected chi connectivity index (χ3v) is 13.6. The van der Waals surface area contributed by atoms with E-state index in [4.69, 9.17) is 14.6 Å². The van der Waals surface area contributed by atoms with E-state index < -0.39 is 40.8 Å². The highest BCUT2D eigenvalue weighted by Gasteiger charge is 2.55. The number of ketones is 1. The summed E-state index contributed by atoms with van der Waals surface area (Å²) in [5.41, 5.74) is 4.52. The van der Waals surface area contributed by atoms with Gasteiger partial charge in [0.25, 0.3) is 11.8 Å². The van der Waals surface area contributed by atoms with Gasteiger partial charge in [-0.1, -0.05) is 187 Å². The van der Waals surface area contributed by atoms with Crippen LogP contribution >= 0.6 is 23.1 Å². The molecule has 6 aromatic carbocycles. The molecule has 1 fully saturated rings. The van der Waals surface area contributed by atoms with Crippen LogP contribution in [0.25, 0.3) is 0 Å². The number of β-lactam (4-membered cyclic amide) rings is 1. The van der Waals surface area contributed by atoms with Crippen LogP contribution < -0.4 is 10.6 Å². The van der Waals surface area contributed by atoms with Crippen LogP contribution in [0, 0.1) is 0 Å². The van der Waals surface area contributed by atoms with Gasteiger partial charge in [0.1, 0.15) is 35.5 Å².